The molecule has 0 aliphatic rings. The van der Waals surface area contributed by atoms with E-state index in [-0.39, 0.29) is 5.91 Å². The van der Waals surface area contributed by atoms with E-state index in [1.165, 1.54) is 0 Å². The van der Waals surface area contributed by atoms with Crippen molar-refractivity contribution in [2.24, 2.45) is 5.73 Å². The fourth-order valence-electron chi connectivity index (χ4n) is 1.50. The number of benzene rings is 1. The lowest BCUT2D eigenvalue weighted by atomic mass is 10.2. The van der Waals surface area contributed by atoms with E-state index in [2.05, 4.69) is 21.2 Å². The number of hydrogen-bond acceptors (Lipinski definition) is 3. The number of rotatable bonds is 5. The molecular weight excluding hydrogens is 282 g/mol. The molecule has 3 N–H and O–H groups in total. The number of hydrogen-bond donors (Lipinski definition) is 2. The third-order valence-electron chi connectivity index (χ3n) is 2.61. The van der Waals surface area contributed by atoms with Crippen LogP contribution in [0.5, 0.6) is 0 Å². The van der Waals surface area contributed by atoms with Gasteiger partial charge in [-0.3, -0.25) is 4.79 Å². The molecule has 17 heavy (non-hydrogen) atoms. The molecule has 1 rings (SSSR count). The van der Waals surface area contributed by atoms with Gasteiger partial charge in [-0.15, -0.1) is 0 Å². The highest BCUT2D eigenvalue weighted by Crippen LogP contribution is 2.26. The molecule has 0 aliphatic heterocycles. The van der Waals surface area contributed by atoms with E-state index in [1.54, 1.807) is 7.05 Å². The number of nitrogens with one attached hydrogen (secondary N) is 1. The van der Waals surface area contributed by atoms with Crippen LogP contribution in [-0.2, 0) is 11.3 Å². The summed E-state index contributed by atoms with van der Waals surface area (Å²) in [6.07, 6.45) is 0.484. The largest absolute Gasteiger partial charge is 0.373 e. The van der Waals surface area contributed by atoms with Crippen LogP contribution in [-0.4, -0.2) is 26.5 Å². The Kier molecular flexibility index (Phi) is 5.44. The molecule has 0 bridgehead atoms. The Balaban J connectivity index is 2.68. The molecule has 0 aliphatic carbocycles. The summed E-state index contributed by atoms with van der Waals surface area (Å²) < 4.78 is 1.000. The quantitative estimate of drug-likeness (QED) is 0.866. The Morgan fingerprint density at radius 3 is 2.76 bits per heavy atom. The molecule has 4 nitrogen and oxygen atoms in total. The van der Waals surface area contributed by atoms with Crippen molar-refractivity contribution in [3.05, 3.63) is 28.2 Å². The third-order valence-corrected chi connectivity index (χ3v) is 3.25. The number of anilines is 1. The summed E-state index contributed by atoms with van der Waals surface area (Å²) in [6, 6.07) is 6.01. The van der Waals surface area contributed by atoms with Gasteiger partial charge in [-0.2, -0.15) is 0 Å². The van der Waals surface area contributed by atoms with E-state index in [0.717, 1.165) is 15.7 Å². The lowest BCUT2D eigenvalue weighted by Crippen LogP contribution is -2.26. The zero-order chi connectivity index (χ0) is 12.8. The number of carbonyl (C=O) groups excluding carboxylic acids is 1. The van der Waals surface area contributed by atoms with Crippen LogP contribution < -0.4 is 16.0 Å². The topological polar surface area (TPSA) is 58.4 Å². The zero-order valence-corrected chi connectivity index (χ0v) is 11.8. The fourth-order valence-corrected chi connectivity index (χ4v) is 2.23. The summed E-state index contributed by atoms with van der Waals surface area (Å²) in [5.41, 5.74) is 7.72. The molecule has 0 spiro atoms. The summed E-state index contributed by atoms with van der Waals surface area (Å²) in [7, 11) is 3.61. The standard InChI is InChI=1S/C12H18BrN3O/c1-15-12(17)5-6-16(2)11-4-3-9(8-14)7-10(11)13/h3-4,7H,5-6,8,14H2,1-2H3,(H,15,17). The smallest absolute Gasteiger partial charge is 0.221 e. The molecule has 1 aromatic carbocycles. The first-order valence-corrected chi connectivity index (χ1v) is 6.28. The molecule has 0 saturated carbocycles. The van der Waals surface area contributed by atoms with Gasteiger partial charge in [0.25, 0.3) is 0 Å². The molecule has 0 heterocycles. The molecular formula is C12H18BrN3O. The van der Waals surface area contributed by atoms with Crippen LogP contribution in [0.1, 0.15) is 12.0 Å². The van der Waals surface area contributed by atoms with Crippen LogP contribution >= 0.6 is 15.9 Å². The molecule has 0 saturated heterocycles. The van der Waals surface area contributed by atoms with Gasteiger partial charge < -0.3 is 16.0 Å². The number of amides is 1. The van der Waals surface area contributed by atoms with Crippen molar-refractivity contribution in [1.82, 2.24) is 5.32 Å². The lowest BCUT2D eigenvalue weighted by molar-refractivity contribution is -0.120. The predicted molar refractivity (Wildman–Crippen MR) is 74.0 cm³/mol. The summed E-state index contributed by atoms with van der Waals surface area (Å²) >= 11 is 3.51. The molecule has 0 unspecified atom stereocenters. The zero-order valence-electron chi connectivity index (χ0n) is 10.2. The first-order chi connectivity index (χ1) is 8.08. The number of nitrogens with zero attached hydrogens (tertiary/aromatic N) is 1. The highest BCUT2D eigenvalue weighted by Gasteiger charge is 2.07. The first kappa shape index (κ1) is 14.0. The predicted octanol–water partition coefficient (Wildman–Crippen LogP) is 1.48. The maximum absolute atomic E-state index is 11.2. The van der Waals surface area contributed by atoms with Crippen LogP contribution in [0, 0.1) is 0 Å². The maximum atomic E-state index is 11.2. The van der Waals surface area contributed by atoms with Gasteiger partial charge >= 0.3 is 0 Å². The Morgan fingerprint density at radius 1 is 1.53 bits per heavy atom. The van der Waals surface area contributed by atoms with Gasteiger partial charge in [0.1, 0.15) is 0 Å². The number of carbonyl (C=O) groups is 1. The monoisotopic (exact) mass is 299 g/mol. The van der Waals surface area contributed by atoms with Crippen LogP contribution in [0.4, 0.5) is 5.69 Å². The van der Waals surface area contributed by atoms with Crippen molar-refractivity contribution in [2.45, 2.75) is 13.0 Å². The average Bonchev–Trinajstić information content (AvgIpc) is 2.35. The molecule has 0 aromatic heterocycles. The van der Waals surface area contributed by atoms with Crippen LogP contribution in [0.25, 0.3) is 0 Å². The molecule has 5 heteroatoms. The van der Waals surface area contributed by atoms with Crippen molar-refractivity contribution in [3.63, 3.8) is 0 Å². The average molecular weight is 300 g/mol. The van der Waals surface area contributed by atoms with Crippen LogP contribution in [0.2, 0.25) is 0 Å². The van der Waals surface area contributed by atoms with Crippen molar-refractivity contribution in [1.29, 1.82) is 0 Å². The van der Waals surface area contributed by atoms with Gasteiger partial charge in [0, 0.05) is 38.1 Å². The minimum atomic E-state index is 0.0477. The van der Waals surface area contributed by atoms with E-state index in [0.29, 0.717) is 19.5 Å². The molecule has 94 valence electrons. The van der Waals surface area contributed by atoms with Crippen molar-refractivity contribution in [2.75, 3.05) is 25.5 Å². The summed E-state index contributed by atoms with van der Waals surface area (Å²) in [4.78, 5) is 13.2. The second-order valence-electron chi connectivity index (χ2n) is 3.83. The van der Waals surface area contributed by atoms with E-state index in [9.17, 15) is 4.79 Å². The van der Waals surface area contributed by atoms with Gasteiger partial charge in [0.05, 0.1) is 5.69 Å². The minimum Gasteiger partial charge on any atom is -0.373 e. The molecule has 0 atom stereocenters. The molecule has 1 amide bonds. The van der Waals surface area contributed by atoms with E-state index >= 15 is 0 Å². The summed E-state index contributed by atoms with van der Waals surface area (Å²) in [5.74, 6) is 0.0477. The van der Waals surface area contributed by atoms with E-state index in [4.69, 9.17) is 5.73 Å². The number of nitrogens with two attached hydrogens (primary N) is 1. The summed E-state index contributed by atoms with van der Waals surface area (Å²) in [6.45, 7) is 1.21. The minimum absolute atomic E-state index is 0.0477. The Morgan fingerprint density at radius 2 is 2.24 bits per heavy atom. The highest BCUT2D eigenvalue weighted by molar-refractivity contribution is 9.10. The highest BCUT2D eigenvalue weighted by atomic mass is 79.9. The fraction of sp³-hybridized carbons (Fsp3) is 0.417. The van der Waals surface area contributed by atoms with Crippen molar-refractivity contribution < 1.29 is 4.79 Å². The van der Waals surface area contributed by atoms with E-state index in [1.807, 2.05) is 30.1 Å². The normalized spacial score (nSPS) is 10.1. The SMILES string of the molecule is CNC(=O)CCN(C)c1ccc(CN)cc1Br. The summed E-state index contributed by atoms with van der Waals surface area (Å²) in [5, 5.41) is 2.61. The first-order valence-electron chi connectivity index (χ1n) is 5.48. The molecule has 1 aromatic rings. The number of halogens is 1. The molecule has 0 fully saturated rings. The van der Waals surface area contributed by atoms with Gasteiger partial charge in [0.15, 0.2) is 0 Å². The second-order valence-corrected chi connectivity index (χ2v) is 4.69. The van der Waals surface area contributed by atoms with Gasteiger partial charge in [-0.05, 0) is 33.6 Å². The van der Waals surface area contributed by atoms with Gasteiger partial charge in [-0.25, -0.2) is 0 Å². The van der Waals surface area contributed by atoms with Crippen LogP contribution in [0.3, 0.4) is 0 Å². The van der Waals surface area contributed by atoms with Crippen molar-refractivity contribution >= 4 is 27.5 Å². The van der Waals surface area contributed by atoms with Crippen LogP contribution in [0.15, 0.2) is 22.7 Å². The Bertz CT molecular complexity index is 395. The van der Waals surface area contributed by atoms with Crippen molar-refractivity contribution in [3.8, 4) is 0 Å². The Hall–Kier alpha value is -1.07. The molecule has 0 radical (unpaired) electrons. The van der Waals surface area contributed by atoms with Gasteiger partial charge in [0.2, 0.25) is 5.91 Å². The third kappa shape index (κ3) is 4.02. The Labute approximate surface area is 110 Å². The van der Waals surface area contributed by atoms with E-state index < -0.39 is 0 Å². The maximum Gasteiger partial charge on any atom is 0.221 e. The lowest BCUT2D eigenvalue weighted by Gasteiger charge is -2.20. The second kappa shape index (κ2) is 6.61. The van der Waals surface area contributed by atoms with Gasteiger partial charge in [-0.1, -0.05) is 6.07 Å².